The molecule has 1 aromatic rings. The molecule has 1 heterocycles. The summed E-state index contributed by atoms with van der Waals surface area (Å²) in [4.78, 5) is 0. The maximum atomic E-state index is 11.7. The molecule has 0 radical (unpaired) electrons. The molecule has 0 spiro atoms. The van der Waals surface area contributed by atoms with Gasteiger partial charge in [-0.2, -0.15) is 0 Å². The molecule has 12 heavy (non-hydrogen) atoms. The predicted molar refractivity (Wildman–Crippen MR) is 41.1 cm³/mol. The minimum Gasteiger partial charge on any atom is -0.468 e. The summed E-state index contributed by atoms with van der Waals surface area (Å²) in [6, 6.07) is 3.33. The second-order valence-corrected chi connectivity index (χ2v) is 2.54. The molecule has 0 amide bonds. The largest absolute Gasteiger partial charge is 0.468 e. The van der Waals surface area contributed by atoms with Crippen molar-refractivity contribution in [1.29, 1.82) is 0 Å². The third-order valence-corrected chi connectivity index (χ3v) is 1.55. The van der Waals surface area contributed by atoms with Gasteiger partial charge >= 0.3 is 0 Å². The Balaban J connectivity index is 2.34. The van der Waals surface area contributed by atoms with E-state index in [0.29, 0.717) is 5.76 Å². The molecular weight excluding hydrogens is 164 g/mol. The van der Waals surface area contributed by atoms with E-state index in [9.17, 15) is 8.78 Å². The Kier molecular flexibility index (Phi) is 3.22. The molecule has 68 valence electrons. The van der Waals surface area contributed by atoms with Crippen molar-refractivity contribution in [3.8, 4) is 0 Å². The van der Waals surface area contributed by atoms with E-state index in [-0.39, 0.29) is 12.6 Å². The van der Waals surface area contributed by atoms with Crippen LogP contribution in [0.3, 0.4) is 0 Å². The highest BCUT2D eigenvalue weighted by Crippen LogP contribution is 2.11. The summed E-state index contributed by atoms with van der Waals surface area (Å²) < 4.78 is 28.5. The summed E-state index contributed by atoms with van der Waals surface area (Å²) in [5.41, 5.74) is 0. The maximum absolute atomic E-state index is 11.7. The second kappa shape index (κ2) is 4.21. The number of furan rings is 1. The quantitative estimate of drug-likeness (QED) is 0.758. The lowest BCUT2D eigenvalue weighted by Crippen LogP contribution is -2.24. The maximum Gasteiger partial charge on any atom is 0.250 e. The van der Waals surface area contributed by atoms with E-state index in [4.69, 9.17) is 4.42 Å². The molecule has 0 bridgehead atoms. The molecule has 1 N–H and O–H groups in total. The van der Waals surface area contributed by atoms with Gasteiger partial charge in [0.25, 0.3) is 6.43 Å². The van der Waals surface area contributed by atoms with Crippen LogP contribution in [0.4, 0.5) is 8.78 Å². The zero-order chi connectivity index (χ0) is 8.97. The normalized spacial score (nSPS) is 13.7. The topological polar surface area (TPSA) is 25.2 Å². The molecule has 1 aromatic heterocycles. The fourth-order valence-corrected chi connectivity index (χ4v) is 0.904. The van der Waals surface area contributed by atoms with Crippen molar-refractivity contribution >= 4 is 0 Å². The Labute approximate surface area is 69.6 Å². The number of hydrogen-bond donors (Lipinski definition) is 1. The van der Waals surface area contributed by atoms with Crippen molar-refractivity contribution in [1.82, 2.24) is 5.32 Å². The molecular formula is C8H11F2NO. The Morgan fingerprint density at radius 3 is 2.83 bits per heavy atom. The van der Waals surface area contributed by atoms with Crippen LogP contribution in [0.25, 0.3) is 0 Å². The Morgan fingerprint density at radius 1 is 1.58 bits per heavy atom. The molecule has 4 heteroatoms. The van der Waals surface area contributed by atoms with Gasteiger partial charge in [-0.05, 0) is 19.1 Å². The molecule has 0 aliphatic carbocycles. The van der Waals surface area contributed by atoms with Crippen LogP contribution in [0, 0.1) is 0 Å². The molecule has 1 atom stereocenters. The van der Waals surface area contributed by atoms with Crippen LogP contribution in [0.1, 0.15) is 18.7 Å². The van der Waals surface area contributed by atoms with Gasteiger partial charge in [-0.1, -0.05) is 0 Å². The minimum absolute atomic E-state index is 0.158. The van der Waals surface area contributed by atoms with Gasteiger partial charge in [0.05, 0.1) is 18.8 Å². The second-order valence-electron chi connectivity index (χ2n) is 2.54. The first kappa shape index (κ1) is 9.19. The van der Waals surface area contributed by atoms with Crippen LogP contribution >= 0.6 is 0 Å². The Hall–Kier alpha value is -0.900. The standard InChI is InChI=1S/C8H11F2NO/c1-6(11-5-8(9)10)7-3-2-4-12-7/h2-4,6,8,11H,5H2,1H3/t6-/m0/s1. The average molecular weight is 175 g/mol. The first-order chi connectivity index (χ1) is 5.70. The van der Waals surface area contributed by atoms with Crippen molar-refractivity contribution in [2.24, 2.45) is 0 Å². The molecule has 1 rings (SSSR count). The predicted octanol–water partition coefficient (Wildman–Crippen LogP) is 2.20. The van der Waals surface area contributed by atoms with E-state index in [1.165, 1.54) is 6.26 Å². The molecule has 0 aromatic carbocycles. The lowest BCUT2D eigenvalue weighted by molar-refractivity contribution is 0.141. The highest BCUT2D eigenvalue weighted by Gasteiger charge is 2.09. The fraction of sp³-hybridized carbons (Fsp3) is 0.500. The van der Waals surface area contributed by atoms with Crippen LogP contribution in [0.15, 0.2) is 22.8 Å². The molecule has 0 aliphatic rings. The van der Waals surface area contributed by atoms with E-state index in [1.54, 1.807) is 19.1 Å². The summed E-state index contributed by atoms with van der Waals surface area (Å²) in [6.07, 6.45) is -0.794. The van der Waals surface area contributed by atoms with Crippen LogP contribution in [-0.2, 0) is 0 Å². The third kappa shape index (κ3) is 2.62. The zero-order valence-corrected chi connectivity index (χ0v) is 6.76. The third-order valence-electron chi connectivity index (χ3n) is 1.55. The van der Waals surface area contributed by atoms with E-state index >= 15 is 0 Å². The SMILES string of the molecule is C[C@H](NCC(F)F)c1ccco1. The smallest absolute Gasteiger partial charge is 0.250 e. The van der Waals surface area contributed by atoms with Gasteiger partial charge in [0, 0.05) is 0 Å². The lowest BCUT2D eigenvalue weighted by Gasteiger charge is -2.09. The first-order valence-corrected chi connectivity index (χ1v) is 3.75. The summed E-state index contributed by atoms with van der Waals surface area (Å²) in [7, 11) is 0. The van der Waals surface area contributed by atoms with E-state index in [2.05, 4.69) is 5.32 Å². The first-order valence-electron chi connectivity index (χ1n) is 3.75. The van der Waals surface area contributed by atoms with Crippen LogP contribution in [0.5, 0.6) is 0 Å². The van der Waals surface area contributed by atoms with Gasteiger partial charge in [-0.3, -0.25) is 0 Å². The van der Waals surface area contributed by atoms with Gasteiger partial charge in [-0.15, -0.1) is 0 Å². The monoisotopic (exact) mass is 175 g/mol. The van der Waals surface area contributed by atoms with E-state index in [0.717, 1.165) is 0 Å². The fourth-order valence-electron chi connectivity index (χ4n) is 0.904. The highest BCUT2D eigenvalue weighted by atomic mass is 19.3. The Bertz CT molecular complexity index is 211. The van der Waals surface area contributed by atoms with Crippen molar-refractivity contribution < 1.29 is 13.2 Å². The number of alkyl halides is 2. The number of nitrogens with one attached hydrogen (secondary N) is 1. The van der Waals surface area contributed by atoms with Crippen molar-refractivity contribution in [2.45, 2.75) is 19.4 Å². The van der Waals surface area contributed by atoms with Gasteiger partial charge < -0.3 is 9.73 Å². The van der Waals surface area contributed by atoms with Gasteiger partial charge in [0.2, 0.25) is 0 Å². The van der Waals surface area contributed by atoms with E-state index < -0.39 is 6.43 Å². The van der Waals surface area contributed by atoms with Gasteiger partial charge in [0.1, 0.15) is 5.76 Å². The molecule has 0 saturated heterocycles. The van der Waals surface area contributed by atoms with Gasteiger partial charge in [0.15, 0.2) is 0 Å². The van der Waals surface area contributed by atoms with Crippen LogP contribution < -0.4 is 5.32 Å². The number of hydrogen-bond acceptors (Lipinski definition) is 2. The average Bonchev–Trinajstić information content (AvgIpc) is 2.51. The molecule has 0 saturated carbocycles. The highest BCUT2D eigenvalue weighted by molar-refractivity contribution is 5.02. The molecule has 0 aliphatic heterocycles. The zero-order valence-electron chi connectivity index (χ0n) is 6.76. The number of halogens is 2. The molecule has 0 unspecified atom stereocenters. The van der Waals surface area contributed by atoms with Crippen molar-refractivity contribution in [3.05, 3.63) is 24.2 Å². The van der Waals surface area contributed by atoms with E-state index in [1.807, 2.05) is 0 Å². The molecule has 0 fully saturated rings. The van der Waals surface area contributed by atoms with Crippen molar-refractivity contribution in [3.63, 3.8) is 0 Å². The Morgan fingerprint density at radius 2 is 2.33 bits per heavy atom. The molecule has 2 nitrogen and oxygen atoms in total. The lowest BCUT2D eigenvalue weighted by atomic mass is 10.2. The van der Waals surface area contributed by atoms with Crippen LogP contribution in [-0.4, -0.2) is 13.0 Å². The summed E-state index contributed by atoms with van der Waals surface area (Å²) in [5.74, 6) is 0.677. The summed E-state index contributed by atoms with van der Waals surface area (Å²) >= 11 is 0. The van der Waals surface area contributed by atoms with Gasteiger partial charge in [-0.25, -0.2) is 8.78 Å². The van der Waals surface area contributed by atoms with Crippen molar-refractivity contribution in [2.75, 3.05) is 6.54 Å². The summed E-state index contributed by atoms with van der Waals surface area (Å²) in [6.45, 7) is 1.48. The number of rotatable bonds is 4. The minimum atomic E-state index is -2.32. The summed E-state index contributed by atoms with van der Waals surface area (Å²) in [5, 5.41) is 2.64. The van der Waals surface area contributed by atoms with Crippen LogP contribution in [0.2, 0.25) is 0 Å².